The van der Waals surface area contributed by atoms with Crippen LogP contribution >= 0.6 is 0 Å². The number of carbonyl (C=O) groups is 1. The van der Waals surface area contributed by atoms with Gasteiger partial charge in [-0.1, -0.05) is 40.6 Å². The van der Waals surface area contributed by atoms with Crippen molar-refractivity contribution in [3.63, 3.8) is 0 Å². The molecule has 1 aromatic heterocycles. The molecule has 1 heterocycles. The summed E-state index contributed by atoms with van der Waals surface area (Å²) in [5, 5.41) is 22.5. The number of aromatic nitrogens is 3. The summed E-state index contributed by atoms with van der Waals surface area (Å²) in [6.07, 6.45) is 0. The average Bonchev–Trinajstić information content (AvgIpc) is 2.92. The molecule has 0 bridgehead atoms. The number of hydrogen-bond donors (Lipinski definition) is 1. The van der Waals surface area contributed by atoms with E-state index in [0.29, 0.717) is 11.4 Å². The van der Waals surface area contributed by atoms with Crippen LogP contribution in [0.3, 0.4) is 0 Å². The number of benzene rings is 2. The maximum Gasteiger partial charge on any atom is 1.00 e. The summed E-state index contributed by atoms with van der Waals surface area (Å²) < 4.78 is 1.11. The summed E-state index contributed by atoms with van der Waals surface area (Å²) in [5.41, 5.74) is 3.09. The molecule has 7 heteroatoms. The Morgan fingerprint density at radius 3 is 2.12 bits per heavy atom. The molecule has 0 fully saturated rings. The molecule has 0 unspecified atom stereocenters. The Hall–Kier alpha value is -2.15. The molecular formula is C17H15N4NaO2. The molecule has 6 nitrogen and oxygen atoms in total. The van der Waals surface area contributed by atoms with E-state index < -0.39 is 11.8 Å². The van der Waals surface area contributed by atoms with Crippen molar-refractivity contribution in [2.45, 2.75) is 13.8 Å². The van der Waals surface area contributed by atoms with Crippen LogP contribution in [0.2, 0.25) is 0 Å². The van der Waals surface area contributed by atoms with E-state index in [-0.39, 0.29) is 35.3 Å². The number of aryl methyl sites for hydroxylation is 2. The first-order chi connectivity index (χ1) is 11.0. The van der Waals surface area contributed by atoms with E-state index in [0.717, 1.165) is 15.8 Å². The van der Waals surface area contributed by atoms with Gasteiger partial charge in [0.1, 0.15) is 0 Å². The molecule has 0 saturated heterocycles. The van der Waals surface area contributed by atoms with Crippen LogP contribution in [0.5, 0.6) is 5.88 Å². The van der Waals surface area contributed by atoms with Gasteiger partial charge in [-0.3, -0.25) is 4.79 Å². The zero-order valence-corrected chi connectivity index (χ0v) is 15.8. The van der Waals surface area contributed by atoms with Gasteiger partial charge in [0.15, 0.2) is 5.69 Å². The van der Waals surface area contributed by atoms with Gasteiger partial charge in [0.05, 0.1) is 5.69 Å². The second kappa shape index (κ2) is 7.61. The van der Waals surface area contributed by atoms with Crippen LogP contribution < -0.4 is 40.0 Å². The van der Waals surface area contributed by atoms with Crippen molar-refractivity contribution in [2.24, 2.45) is 0 Å². The number of nitrogens with one attached hydrogen (secondary N) is 1. The van der Waals surface area contributed by atoms with Crippen molar-refractivity contribution in [1.82, 2.24) is 15.0 Å². The normalized spacial score (nSPS) is 10.1. The third-order valence-corrected chi connectivity index (χ3v) is 3.43. The number of hydrogen-bond acceptors (Lipinski definition) is 4. The molecule has 116 valence electrons. The van der Waals surface area contributed by atoms with Crippen molar-refractivity contribution in [2.75, 3.05) is 5.32 Å². The first-order valence-corrected chi connectivity index (χ1v) is 7.12. The first kappa shape index (κ1) is 18.2. The van der Waals surface area contributed by atoms with E-state index in [2.05, 4.69) is 15.6 Å². The average molecular weight is 330 g/mol. The largest absolute Gasteiger partial charge is 1.00 e. The number of anilines is 1. The molecule has 24 heavy (non-hydrogen) atoms. The van der Waals surface area contributed by atoms with Crippen LogP contribution in [0.15, 0.2) is 48.5 Å². The quantitative estimate of drug-likeness (QED) is 0.638. The van der Waals surface area contributed by atoms with Gasteiger partial charge in [0.2, 0.25) is 0 Å². The number of amides is 1. The van der Waals surface area contributed by atoms with Gasteiger partial charge in [-0.15, -0.1) is 5.10 Å². The van der Waals surface area contributed by atoms with E-state index in [4.69, 9.17) is 0 Å². The van der Waals surface area contributed by atoms with Crippen LogP contribution in [0.25, 0.3) is 5.69 Å². The Balaban J connectivity index is 0.00000208. The molecule has 0 aliphatic carbocycles. The zero-order valence-electron chi connectivity index (χ0n) is 13.8. The molecule has 0 aliphatic rings. The minimum Gasteiger partial charge on any atom is -0.857 e. The third kappa shape index (κ3) is 3.84. The Morgan fingerprint density at radius 2 is 1.54 bits per heavy atom. The Morgan fingerprint density at radius 1 is 1.00 bits per heavy atom. The minimum absolute atomic E-state index is 0. The van der Waals surface area contributed by atoms with Crippen LogP contribution in [-0.2, 0) is 0 Å². The summed E-state index contributed by atoms with van der Waals surface area (Å²) in [7, 11) is 0. The van der Waals surface area contributed by atoms with Crippen LogP contribution in [0.1, 0.15) is 21.6 Å². The second-order valence-electron chi connectivity index (χ2n) is 5.31. The third-order valence-electron chi connectivity index (χ3n) is 3.43. The SMILES string of the molecule is Cc1ccc(NC(=O)c2nnn(-c3ccc(C)cc3)c2[O-])cc1.[Na+]. The van der Waals surface area contributed by atoms with Crippen molar-refractivity contribution in [3.8, 4) is 11.6 Å². The fraction of sp³-hybridized carbons (Fsp3) is 0.118. The second-order valence-corrected chi connectivity index (χ2v) is 5.31. The fourth-order valence-electron chi connectivity index (χ4n) is 2.10. The van der Waals surface area contributed by atoms with Crippen molar-refractivity contribution >= 4 is 11.6 Å². The van der Waals surface area contributed by atoms with Crippen LogP contribution in [-0.4, -0.2) is 20.9 Å². The Labute approximate surface area is 161 Å². The van der Waals surface area contributed by atoms with Gasteiger partial charge in [-0.05, 0) is 38.1 Å². The van der Waals surface area contributed by atoms with Gasteiger partial charge in [-0.2, -0.15) is 0 Å². The molecular weight excluding hydrogens is 315 g/mol. The molecule has 0 radical (unpaired) electrons. The van der Waals surface area contributed by atoms with Crippen molar-refractivity contribution in [3.05, 3.63) is 65.4 Å². The monoisotopic (exact) mass is 330 g/mol. The summed E-state index contributed by atoms with van der Waals surface area (Å²) >= 11 is 0. The fourth-order valence-corrected chi connectivity index (χ4v) is 2.10. The molecule has 3 rings (SSSR count). The maximum atomic E-state index is 12.3. The van der Waals surface area contributed by atoms with Gasteiger partial charge >= 0.3 is 29.6 Å². The van der Waals surface area contributed by atoms with Crippen molar-refractivity contribution < 1.29 is 39.5 Å². The van der Waals surface area contributed by atoms with E-state index in [1.54, 1.807) is 24.3 Å². The number of nitrogens with zero attached hydrogens (tertiary/aromatic N) is 3. The minimum atomic E-state index is -0.572. The summed E-state index contributed by atoms with van der Waals surface area (Å²) in [6.45, 7) is 3.90. The van der Waals surface area contributed by atoms with Crippen LogP contribution in [0.4, 0.5) is 5.69 Å². The molecule has 1 amide bonds. The molecule has 0 aliphatic heterocycles. The molecule has 0 spiro atoms. The van der Waals surface area contributed by atoms with E-state index in [1.165, 1.54) is 0 Å². The maximum absolute atomic E-state index is 12.3. The smallest absolute Gasteiger partial charge is 0.857 e. The Bertz CT molecular complexity index is 842. The van der Waals surface area contributed by atoms with Gasteiger partial charge in [0, 0.05) is 11.6 Å². The predicted octanol–water partition coefficient (Wildman–Crippen LogP) is -0.786. The van der Waals surface area contributed by atoms with Crippen LogP contribution in [0, 0.1) is 13.8 Å². The molecule has 1 N–H and O–H groups in total. The van der Waals surface area contributed by atoms with E-state index in [1.807, 2.05) is 38.1 Å². The molecule has 2 aromatic carbocycles. The van der Waals surface area contributed by atoms with Gasteiger partial charge < -0.3 is 10.4 Å². The molecule has 3 aromatic rings. The first-order valence-electron chi connectivity index (χ1n) is 7.12. The number of carbonyl (C=O) groups excluding carboxylic acids is 1. The summed E-state index contributed by atoms with van der Waals surface area (Å²) in [5.74, 6) is -1.12. The topological polar surface area (TPSA) is 82.9 Å². The van der Waals surface area contributed by atoms with Gasteiger partial charge in [-0.25, -0.2) is 4.68 Å². The standard InChI is InChI=1S/C17H16N4O2.Na/c1-11-3-7-13(8-4-11)18-16(22)15-17(23)21(20-19-15)14-9-5-12(2)6-10-14;/h3-10,23H,1-2H3,(H,18,22);/q;+1/p-1. The van der Waals surface area contributed by atoms with Gasteiger partial charge in [0.25, 0.3) is 5.91 Å². The number of rotatable bonds is 3. The van der Waals surface area contributed by atoms with E-state index in [9.17, 15) is 9.90 Å². The van der Waals surface area contributed by atoms with E-state index >= 15 is 0 Å². The summed E-state index contributed by atoms with van der Waals surface area (Å²) in [4.78, 5) is 12.2. The molecule has 0 atom stereocenters. The van der Waals surface area contributed by atoms with Crippen molar-refractivity contribution in [1.29, 1.82) is 0 Å². The zero-order chi connectivity index (χ0) is 16.4. The Kier molecular flexibility index (Phi) is 5.77. The summed E-state index contributed by atoms with van der Waals surface area (Å²) in [6, 6.07) is 14.5. The molecule has 0 saturated carbocycles. The predicted molar refractivity (Wildman–Crippen MR) is 84.7 cm³/mol.